The van der Waals surface area contributed by atoms with Gasteiger partial charge in [-0.2, -0.15) is 0 Å². The van der Waals surface area contributed by atoms with Gasteiger partial charge in [-0.3, -0.25) is 0 Å². The third-order valence-electron chi connectivity index (χ3n) is 3.79. The molecule has 0 amide bonds. The van der Waals surface area contributed by atoms with E-state index in [1.54, 1.807) is 0 Å². The molecule has 1 aromatic carbocycles. The van der Waals surface area contributed by atoms with E-state index in [0.717, 1.165) is 34.3 Å². The van der Waals surface area contributed by atoms with Gasteiger partial charge in [-0.05, 0) is 43.9 Å². The van der Waals surface area contributed by atoms with Crippen LogP contribution in [0.15, 0.2) is 18.2 Å². The molecule has 0 aliphatic heterocycles. The lowest BCUT2D eigenvalue weighted by molar-refractivity contribution is 0.569. The number of nitrogens with zero attached hydrogens (tertiary/aromatic N) is 2. The first kappa shape index (κ1) is 13.3. The number of hydrogen-bond acceptors (Lipinski definition) is 1. The van der Waals surface area contributed by atoms with E-state index in [2.05, 4.69) is 9.55 Å². The number of fused-ring (bicyclic) bond motifs is 1. The maximum Gasteiger partial charge on any atom is 0.127 e. The van der Waals surface area contributed by atoms with Crippen molar-refractivity contribution in [3.8, 4) is 0 Å². The summed E-state index contributed by atoms with van der Waals surface area (Å²) in [4.78, 5) is 4.64. The van der Waals surface area contributed by atoms with Crippen molar-refractivity contribution < 1.29 is 0 Å². The summed E-state index contributed by atoms with van der Waals surface area (Å²) in [6.45, 7) is 2.96. The standard InChI is InChI=1S/C15H18Cl2N2/c1-10(16)15-18-13-7-6-12(17)9-14(13)19(15)8-2-3-11-4-5-11/h6-7,9-11H,2-5,8H2,1H3. The summed E-state index contributed by atoms with van der Waals surface area (Å²) in [5.74, 6) is 1.92. The maximum absolute atomic E-state index is 6.26. The Bertz CT molecular complexity index is 585. The van der Waals surface area contributed by atoms with Gasteiger partial charge in [0.2, 0.25) is 0 Å². The van der Waals surface area contributed by atoms with Gasteiger partial charge in [-0.25, -0.2) is 4.98 Å². The first-order valence-electron chi connectivity index (χ1n) is 6.95. The van der Waals surface area contributed by atoms with Gasteiger partial charge >= 0.3 is 0 Å². The van der Waals surface area contributed by atoms with Gasteiger partial charge in [0.15, 0.2) is 0 Å². The predicted octanol–water partition coefficient (Wildman–Crippen LogP) is 5.18. The van der Waals surface area contributed by atoms with Crippen molar-refractivity contribution in [1.29, 1.82) is 0 Å². The van der Waals surface area contributed by atoms with Crippen LogP contribution >= 0.6 is 23.2 Å². The quantitative estimate of drug-likeness (QED) is 0.695. The van der Waals surface area contributed by atoms with Gasteiger partial charge in [0.05, 0.1) is 16.4 Å². The normalized spacial score (nSPS) is 17.0. The highest BCUT2D eigenvalue weighted by Gasteiger charge is 2.21. The van der Waals surface area contributed by atoms with Crippen LogP contribution in [0.25, 0.3) is 11.0 Å². The molecule has 1 aliphatic rings. The summed E-state index contributed by atoms with van der Waals surface area (Å²) in [5, 5.41) is 0.678. The van der Waals surface area contributed by atoms with Crippen LogP contribution in [0.2, 0.25) is 5.02 Å². The van der Waals surface area contributed by atoms with E-state index in [1.807, 2.05) is 25.1 Å². The molecule has 4 heteroatoms. The van der Waals surface area contributed by atoms with Crippen LogP contribution < -0.4 is 0 Å². The van der Waals surface area contributed by atoms with E-state index in [9.17, 15) is 0 Å². The van der Waals surface area contributed by atoms with Crippen molar-refractivity contribution in [2.24, 2.45) is 5.92 Å². The van der Waals surface area contributed by atoms with Gasteiger partial charge in [0.1, 0.15) is 5.82 Å². The minimum Gasteiger partial charge on any atom is -0.327 e. The zero-order valence-electron chi connectivity index (χ0n) is 11.1. The molecule has 1 atom stereocenters. The van der Waals surface area contributed by atoms with E-state index >= 15 is 0 Å². The molecule has 1 unspecified atom stereocenters. The van der Waals surface area contributed by atoms with E-state index in [-0.39, 0.29) is 5.38 Å². The van der Waals surface area contributed by atoms with Crippen LogP contribution in [0.5, 0.6) is 0 Å². The van der Waals surface area contributed by atoms with Gasteiger partial charge in [-0.15, -0.1) is 11.6 Å². The molecule has 1 saturated carbocycles. The maximum atomic E-state index is 6.26. The smallest absolute Gasteiger partial charge is 0.127 e. The minimum atomic E-state index is -0.0768. The Morgan fingerprint density at radius 2 is 2.21 bits per heavy atom. The summed E-state index contributed by atoms with van der Waals surface area (Å²) in [6, 6.07) is 5.84. The third-order valence-corrected chi connectivity index (χ3v) is 4.22. The predicted molar refractivity (Wildman–Crippen MR) is 81.0 cm³/mol. The average molecular weight is 297 g/mol. The van der Waals surface area contributed by atoms with Gasteiger partial charge in [0, 0.05) is 11.6 Å². The largest absolute Gasteiger partial charge is 0.327 e. The van der Waals surface area contributed by atoms with Crippen molar-refractivity contribution in [2.45, 2.75) is 44.5 Å². The fourth-order valence-corrected chi connectivity index (χ4v) is 2.93. The Hall–Kier alpha value is -0.730. The van der Waals surface area contributed by atoms with Crippen LogP contribution in [0.4, 0.5) is 0 Å². The number of benzene rings is 1. The van der Waals surface area contributed by atoms with Crippen LogP contribution in [-0.4, -0.2) is 9.55 Å². The Kier molecular flexibility index (Phi) is 3.72. The second-order valence-corrected chi connectivity index (χ2v) is 6.55. The van der Waals surface area contributed by atoms with Crippen molar-refractivity contribution in [3.63, 3.8) is 0 Å². The monoisotopic (exact) mass is 296 g/mol. The van der Waals surface area contributed by atoms with Crippen molar-refractivity contribution in [3.05, 3.63) is 29.0 Å². The molecule has 0 saturated heterocycles. The lowest BCUT2D eigenvalue weighted by Gasteiger charge is -2.10. The summed E-state index contributed by atoms with van der Waals surface area (Å²) < 4.78 is 2.24. The molecular weight excluding hydrogens is 279 g/mol. The molecular formula is C15H18Cl2N2. The fourth-order valence-electron chi connectivity index (χ4n) is 2.60. The number of alkyl halides is 1. The molecule has 1 aromatic heterocycles. The molecule has 0 N–H and O–H groups in total. The molecule has 102 valence electrons. The Labute approximate surface area is 123 Å². The first-order valence-corrected chi connectivity index (χ1v) is 7.76. The SMILES string of the molecule is CC(Cl)c1nc2ccc(Cl)cc2n1CCCC1CC1. The Balaban J connectivity index is 1.91. The van der Waals surface area contributed by atoms with Crippen molar-refractivity contribution >= 4 is 34.2 Å². The van der Waals surface area contributed by atoms with Crippen LogP contribution in [0.1, 0.15) is 43.8 Å². The molecule has 2 nitrogen and oxygen atoms in total. The van der Waals surface area contributed by atoms with E-state index < -0.39 is 0 Å². The molecule has 19 heavy (non-hydrogen) atoms. The number of imidazole rings is 1. The number of aryl methyl sites for hydroxylation is 1. The van der Waals surface area contributed by atoms with Crippen LogP contribution in [0, 0.1) is 5.92 Å². The molecule has 0 radical (unpaired) electrons. The number of rotatable bonds is 5. The van der Waals surface area contributed by atoms with Crippen LogP contribution in [-0.2, 0) is 6.54 Å². The summed E-state index contributed by atoms with van der Waals surface area (Å²) in [6.07, 6.45) is 5.33. The average Bonchev–Trinajstić information content (AvgIpc) is 3.11. The lowest BCUT2D eigenvalue weighted by atomic mass is 10.2. The first-order chi connectivity index (χ1) is 9.15. The van der Waals surface area contributed by atoms with Gasteiger partial charge in [0.25, 0.3) is 0 Å². The highest BCUT2D eigenvalue weighted by molar-refractivity contribution is 6.31. The minimum absolute atomic E-state index is 0.0768. The van der Waals surface area contributed by atoms with Gasteiger partial charge in [-0.1, -0.05) is 24.4 Å². The number of hydrogen-bond donors (Lipinski definition) is 0. The summed E-state index contributed by atoms with van der Waals surface area (Å²) in [7, 11) is 0. The third kappa shape index (κ3) is 2.90. The zero-order chi connectivity index (χ0) is 13.4. The molecule has 1 heterocycles. The van der Waals surface area contributed by atoms with Crippen LogP contribution in [0.3, 0.4) is 0 Å². The highest BCUT2D eigenvalue weighted by Crippen LogP contribution is 2.34. The number of aromatic nitrogens is 2. The summed E-state index contributed by atoms with van der Waals surface area (Å²) in [5.41, 5.74) is 2.09. The molecule has 3 rings (SSSR count). The topological polar surface area (TPSA) is 17.8 Å². The van der Waals surface area contributed by atoms with Crippen molar-refractivity contribution in [2.75, 3.05) is 0 Å². The Morgan fingerprint density at radius 3 is 2.89 bits per heavy atom. The molecule has 2 aromatic rings. The fraction of sp³-hybridized carbons (Fsp3) is 0.533. The lowest BCUT2D eigenvalue weighted by Crippen LogP contribution is -2.05. The molecule has 1 fully saturated rings. The van der Waals surface area contributed by atoms with Gasteiger partial charge < -0.3 is 4.57 Å². The number of halogens is 2. The van der Waals surface area contributed by atoms with E-state index in [1.165, 1.54) is 25.7 Å². The second kappa shape index (κ2) is 5.34. The molecule has 0 bridgehead atoms. The van der Waals surface area contributed by atoms with Crippen molar-refractivity contribution in [1.82, 2.24) is 9.55 Å². The Morgan fingerprint density at radius 1 is 1.42 bits per heavy atom. The highest BCUT2D eigenvalue weighted by atomic mass is 35.5. The molecule has 0 spiro atoms. The zero-order valence-corrected chi connectivity index (χ0v) is 12.6. The van der Waals surface area contributed by atoms with E-state index in [4.69, 9.17) is 23.2 Å². The van der Waals surface area contributed by atoms with E-state index in [0.29, 0.717) is 0 Å². The molecule has 1 aliphatic carbocycles. The second-order valence-electron chi connectivity index (χ2n) is 5.46. The summed E-state index contributed by atoms with van der Waals surface area (Å²) >= 11 is 12.4.